The molecule has 2 N–H and O–H groups in total. The molecular formula is C8H5N3. The molecule has 0 aliphatic heterocycles. The Morgan fingerprint density at radius 1 is 1.18 bits per heavy atom. The minimum absolute atomic E-state index is 0.259. The van der Waals surface area contributed by atoms with E-state index in [9.17, 15) is 0 Å². The SMILES string of the molecule is N#Cc1cccc(N)c1C#N. The molecule has 0 heterocycles. The van der Waals surface area contributed by atoms with Gasteiger partial charge in [-0.25, -0.2) is 0 Å². The molecule has 0 unspecified atom stereocenters. The fourth-order valence-electron chi connectivity index (χ4n) is 0.788. The second-order valence-electron chi connectivity index (χ2n) is 1.99. The Morgan fingerprint density at radius 2 is 1.91 bits per heavy atom. The topological polar surface area (TPSA) is 73.6 Å². The lowest BCUT2D eigenvalue weighted by Gasteiger charge is -1.96. The van der Waals surface area contributed by atoms with E-state index in [-0.39, 0.29) is 5.56 Å². The van der Waals surface area contributed by atoms with Gasteiger partial charge in [0.25, 0.3) is 0 Å². The van der Waals surface area contributed by atoms with E-state index in [2.05, 4.69) is 0 Å². The maximum absolute atomic E-state index is 8.55. The largest absolute Gasteiger partial charge is 0.398 e. The van der Waals surface area contributed by atoms with E-state index in [0.29, 0.717) is 11.3 Å². The van der Waals surface area contributed by atoms with E-state index < -0.39 is 0 Å². The van der Waals surface area contributed by atoms with Gasteiger partial charge in [-0.05, 0) is 12.1 Å². The summed E-state index contributed by atoms with van der Waals surface area (Å²) < 4.78 is 0. The van der Waals surface area contributed by atoms with Gasteiger partial charge in [0.2, 0.25) is 0 Å². The van der Waals surface area contributed by atoms with Gasteiger partial charge < -0.3 is 5.73 Å². The Hall–Kier alpha value is -2.00. The van der Waals surface area contributed by atoms with Crippen molar-refractivity contribution in [1.29, 1.82) is 10.5 Å². The van der Waals surface area contributed by atoms with E-state index in [4.69, 9.17) is 16.3 Å². The summed E-state index contributed by atoms with van der Waals surface area (Å²) in [5.41, 5.74) is 6.37. The number of nitriles is 2. The summed E-state index contributed by atoms with van der Waals surface area (Å²) in [6.07, 6.45) is 0. The summed E-state index contributed by atoms with van der Waals surface area (Å²) in [6.45, 7) is 0. The zero-order valence-corrected chi connectivity index (χ0v) is 5.70. The summed E-state index contributed by atoms with van der Waals surface area (Å²) in [4.78, 5) is 0. The van der Waals surface area contributed by atoms with Crippen molar-refractivity contribution in [3.63, 3.8) is 0 Å². The van der Waals surface area contributed by atoms with Crippen molar-refractivity contribution in [2.45, 2.75) is 0 Å². The fourth-order valence-corrected chi connectivity index (χ4v) is 0.788. The quantitative estimate of drug-likeness (QED) is 0.551. The first-order valence-electron chi connectivity index (χ1n) is 2.98. The molecule has 52 valence electrons. The third-order valence-electron chi connectivity index (χ3n) is 1.33. The monoisotopic (exact) mass is 143 g/mol. The van der Waals surface area contributed by atoms with Gasteiger partial charge in [0, 0.05) is 0 Å². The van der Waals surface area contributed by atoms with Crippen molar-refractivity contribution in [1.82, 2.24) is 0 Å². The molecule has 0 atom stereocenters. The zero-order valence-electron chi connectivity index (χ0n) is 5.70. The molecule has 0 aliphatic rings. The standard InChI is InChI=1S/C8H5N3/c9-4-6-2-1-3-8(11)7(6)5-10/h1-3H,11H2. The summed E-state index contributed by atoms with van der Waals surface area (Å²) in [5.74, 6) is 0. The smallest absolute Gasteiger partial charge is 0.103 e. The number of benzene rings is 1. The van der Waals surface area contributed by atoms with E-state index in [1.807, 2.05) is 12.1 Å². The molecule has 11 heavy (non-hydrogen) atoms. The first-order chi connectivity index (χ1) is 5.29. The molecule has 1 rings (SSSR count). The minimum Gasteiger partial charge on any atom is -0.398 e. The normalized spacial score (nSPS) is 8.18. The number of hydrogen-bond acceptors (Lipinski definition) is 3. The number of rotatable bonds is 0. The van der Waals surface area contributed by atoms with Crippen LogP contribution in [0.15, 0.2) is 18.2 Å². The molecule has 0 spiro atoms. The summed E-state index contributed by atoms with van der Waals surface area (Å²) in [6, 6.07) is 8.56. The van der Waals surface area contributed by atoms with Crippen molar-refractivity contribution in [3.8, 4) is 12.1 Å². The molecule has 0 amide bonds. The first kappa shape index (κ1) is 7.11. The van der Waals surface area contributed by atoms with Gasteiger partial charge in [-0.2, -0.15) is 10.5 Å². The van der Waals surface area contributed by atoms with Crippen LogP contribution in [0, 0.1) is 22.7 Å². The highest BCUT2D eigenvalue weighted by atomic mass is 14.6. The summed E-state index contributed by atoms with van der Waals surface area (Å²) in [7, 11) is 0. The van der Waals surface area contributed by atoms with E-state index in [1.165, 1.54) is 0 Å². The maximum Gasteiger partial charge on any atom is 0.103 e. The van der Waals surface area contributed by atoms with E-state index in [0.717, 1.165) is 0 Å². The van der Waals surface area contributed by atoms with Crippen molar-refractivity contribution in [2.75, 3.05) is 5.73 Å². The van der Waals surface area contributed by atoms with Crippen molar-refractivity contribution in [2.24, 2.45) is 0 Å². The highest BCUT2D eigenvalue weighted by molar-refractivity contribution is 5.61. The second kappa shape index (κ2) is 2.72. The number of anilines is 1. The van der Waals surface area contributed by atoms with Gasteiger partial charge >= 0.3 is 0 Å². The van der Waals surface area contributed by atoms with Crippen molar-refractivity contribution >= 4 is 5.69 Å². The molecule has 3 nitrogen and oxygen atoms in total. The minimum atomic E-state index is 0.259. The Morgan fingerprint density at radius 3 is 2.36 bits per heavy atom. The molecular weight excluding hydrogens is 138 g/mol. The van der Waals surface area contributed by atoms with Crippen LogP contribution in [-0.2, 0) is 0 Å². The van der Waals surface area contributed by atoms with Gasteiger partial charge in [0.1, 0.15) is 12.1 Å². The average molecular weight is 143 g/mol. The van der Waals surface area contributed by atoms with Crippen LogP contribution in [0.2, 0.25) is 0 Å². The Kier molecular flexibility index (Phi) is 1.76. The molecule has 0 fully saturated rings. The van der Waals surface area contributed by atoms with Gasteiger partial charge in [-0.3, -0.25) is 0 Å². The maximum atomic E-state index is 8.55. The van der Waals surface area contributed by atoms with Crippen LogP contribution in [0.1, 0.15) is 11.1 Å². The third-order valence-corrected chi connectivity index (χ3v) is 1.33. The molecule has 1 aromatic rings. The summed E-state index contributed by atoms with van der Waals surface area (Å²) in [5, 5.41) is 17.1. The van der Waals surface area contributed by atoms with Gasteiger partial charge in [-0.1, -0.05) is 6.07 Å². The average Bonchev–Trinajstić information content (AvgIpc) is 2.04. The van der Waals surface area contributed by atoms with E-state index >= 15 is 0 Å². The van der Waals surface area contributed by atoms with Crippen molar-refractivity contribution < 1.29 is 0 Å². The van der Waals surface area contributed by atoms with Crippen LogP contribution < -0.4 is 5.73 Å². The fraction of sp³-hybridized carbons (Fsp3) is 0. The highest BCUT2D eigenvalue weighted by Crippen LogP contribution is 2.13. The summed E-state index contributed by atoms with van der Waals surface area (Å²) >= 11 is 0. The molecule has 0 aromatic heterocycles. The Bertz CT molecular complexity index is 355. The molecule has 0 bridgehead atoms. The number of nitrogens with two attached hydrogens (primary N) is 1. The lowest BCUT2D eigenvalue weighted by atomic mass is 10.1. The van der Waals surface area contributed by atoms with Crippen LogP contribution in [0.5, 0.6) is 0 Å². The van der Waals surface area contributed by atoms with Crippen LogP contribution in [-0.4, -0.2) is 0 Å². The van der Waals surface area contributed by atoms with E-state index in [1.54, 1.807) is 18.2 Å². The number of nitrogen functional groups attached to an aromatic ring is 1. The molecule has 0 radical (unpaired) electrons. The lowest BCUT2D eigenvalue weighted by Crippen LogP contribution is -1.92. The zero-order chi connectivity index (χ0) is 8.27. The highest BCUT2D eigenvalue weighted by Gasteiger charge is 2.02. The predicted octanol–water partition coefficient (Wildman–Crippen LogP) is 1.01. The van der Waals surface area contributed by atoms with Gasteiger partial charge in [0.15, 0.2) is 0 Å². The van der Waals surface area contributed by atoms with Crippen molar-refractivity contribution in [3.05, 3.63) is 29.3 Å². The first-order valence-corrected chi connectivity index (χ1v) is 2.98. The Balaban J connectivity index is 3.42. The molecule has 1 aromatic carbocycles. The molecule has 0 saturated carbocycles. The predicted molar refractivity (Wildman–Crippen MR) is 40.3 cm³/mol. The van der Waals surface area contributed by atoms with Crippen LogP contribution in [0.3, 0.4) is 0 Å². The number of hydrogen-bond donors (Lipinski definition) is 1. The van der Waals surface area contributed by atoms with Gasteiger partial charge in [-0.15, -0.1) is 0 Å². The van der Waals surface area contributed by atoms with Crippen LogP contribution in [0.4, 0.5) is 5.69 Å². The van der Waals surface area contributed by atoms with Crippen LogP contribution >= 0.6 is 0 Å². The second-order valence-corrected chi connectivity index (χ2v) is 1.99. The van der Waals surface area contributed by atoms with Gasteiger partial charge in [0.05, 0.1) is 16.8 Å². The van der Waals surface area contributed by atoms with Crippen LogP contribution in [0.25, 0.3) is 0 Å². The molecule has 0 saturated heterocycles. The number of nitrogens with zero attached hydrogens (tertiary/aromatic N) is 2. The molecule has 0 aliphatic carbocycles. The third kappa shape index (κ3) is 1.12. The lowest BCUT2D eigenvalue weighted by molar-refractivity contribution is 1.43. The molecule has 3 heteroatoms. The Labute approximate surface area is 64.3 Å².